The fraction of sp³-hybridized carbons (Fsp3) is 0.200. The topological polar surface area (TPSA) is 9.23 Å². The van der Waals surface area contributed by atoms with E-state index in [9.17, 15) is 4.39 Å². The Morgan fingerprint density at radius 1 is 1.11 bits per heavy atom. The van der Waals surface area contributed by atoms with Crippen LogP contribution in [0.4, 0.5) is 4.39 Å². The van der Waals surface area contributed by atoms with E-state index in [0.29, 0.717) is 11.3 Å². The first-order valence-corrected chi connectivity index (χ1v) is 6.64. The molecular formula is C15H14BrFO. The minimum Gasteiger partial charge on any atom is -0.496 e. The summed E-state index contributed by atoms with van der Waals surface area (Å²) in [6.45, 7) is 0. The number of hydrogen-bond donors (Lipinski definition) is 0. The van der Waals surface area contributed by atoms with Crippen molar-refractivity contribution in [1.82, 2.24) is 0 Å². The van der Waals surface area contributed by atoms with Crippen LogP contribution < -0.4 is 4.74 Å². The zero-order chi connectivity index (χ0) is 13.0. The van der Waals surface area contributed by atoms with Crippen molar-refractivity contribution >= 4 is 15.9 Å². The SMILES string of the molecule is COc1cccc(F)c1C(Br)Cc1ccccc1. The predicted molar refractivity (Wildman–Crippen MR) is 74.8 cm³/mol. The summed E-state index contributed by atoms with van der Waals surface area (Å²) in [5.41, 5.74) is 1.73. The number of methoxy groups -OCH3 is 1. The van der Waals surface area contributed by atoms with Crippen LogP contribution in [-0.2, 0) is 6.42 Å². The third-order valence-corrected chi connectivity index (χ3v) is 3.59. The first-order chi connectivity index (χ1) is 8.72. The summed E-state index contributed by atoms with van der Waals surface area (Å²) in [5, 5.41) is 0. The van der Waals surface area contributed by atoms with Crippen molar-refractivity contribution in [3.8, 4) is 5.75 Å². The molecule has 2 aromatic carbocycles. The van der Waals surface area contributed by atoms with Gasteiger partial charge in [0.05, 0.1) is 11.9 Å². The van der Waals surface area contributed by atoms with Crippen LogP contribution in [0.5, 0.6) is 5.75 Å². The van der Waals surface area contributed by atoms with Crippen LogP contribution in [0.2, 0.25) is 0 Å². The molecule has 1 atom stereocenters. The largest absolute Gasteiger partial charge is 0.496 e. The molecule has 0 aliphatic rings. The van der Waals surface area contributed by atoms with E-state index in [0.717, 1.165) is 12.0 Å². The second-order valence-electron chi connectivity index (χ2n) is 4.01. The van der Waals surface area contributed by atoms with Gasteiger partial charge in [-0.3, -0.25) is 0 Å². The van der Waals surface area contributed by atoms with Crippen molar-refractivity contribution in [2.24, 2.45) is 0 Å². The molecule has 0 saturated heterocycles. The van der Waals surface area contributed by atoms with E-state index in [1.807, 2.05) is 30.3 Å². The van der Waals surface area contributed by atoms with Crippen LogP contribution in [-0.4, -0.2) is 7.11 Å². The normalized spacial score (nSPS) is 12.2. The molecule has 0 spiro atoms. The monoisotopic (exact) mass is 308 g/mol. The Kier molecular flexibility index (Phi) is 4.37. The highest BCUT2D eigenvalue weighted by Crippen LogP contribution is 2.35. The Bertz CT molecular complexity index is 513. The summed E-state index contributed by atoms with van der Waals surface area (Å²) in [4.78, 5) is -0.101. The Balaban J connectivity index is 2.26. The van der Waals surface area contributed by atoms with Gasteiger partial charge in [-0.25, -0.2) is 4.39 Å². The molecule has 0 aliphatic heterocycles. The Labute approximate surface area is 115 Å². The molecule has 0 amide bonds. The van der Waals surface area contributed by atoms with Crippen LogP contribution in [0.15, 0.2) is 48.5 Å². The third kappa shape index (κ3) is 2.91. The van der Waals surface area contributed by atoms with Gasteiger partial charge in [0, 0.05) is 5.56 Å². The number of hydrogen-bond acceptors (Lipinski definition) is 1. The summed E-state index contributed by atoms with van der Waals surface area (Å²) in [6, 6.07) is 14.9. The maximum atomic E-state index is 13.9. The van der Waals surface area contributed by atoms with Crippen LogP contribution in [0.25, 0.3) is 0 Å². The molecule has 1 nitrogen and oxygen atoms in total. The maximum Gasteiger partial charge on any atom is 0.131 e. The molecule has 0 aromatic heterocycles. The van der Waals surface area contributed by atoms with Gasteiger partial charge in [0.2, 0.25) is 0 Å². The van der Waals surface area contributed by atoms with Gasteiger partial charge in [0.25, 0.3) is 0 Å². The lowest BCUT2D eigenvalue weighted by Gasteiger charge is -2.15. The molecule has 2 rings (SSSR count). The van der Waals surface area contributed by atoms with Gasteiger partial charge in [0.1, 0.15) is 11.6 Å². The smallest absolute Gasteiger partial charge is 0.131 e. The van der Waals surface area contributed by atoms with Gasteiger partial charge in [0.15, 0.2) is 0 Å². The van der Waals surface area contributed by atoms with Gasteiger partial charge in [-0.05, 0) is 24.1 Å². The second-order valence-corrected chi connectivity index (χ2v) is 5.12. The average Bonchev–Trinajstić information content (AvgIpc) is 2.39. The summed E-state index contributed by atoms with van der Waals surface area (Å²) in [7, 11) is 1.56. The minimum atomic E-state index is -0.243. The van der Waals surface area contributed by atoms with Gasteiger partial charge in [-0.15, -0.1) is 0 Å². The van der Waals surface area contributed by atoms with Gasteiger partial charge < -0.3 is 4.74 Å². The molecule has 0 bridgehead atoms. The molecule has 94 valence electrons. The van der Waals surface area contributed by atoms with Crippen LogP contribution >= 0.6 is 15.9 Å². The average molecular weight is 309 g/mol. The lowest BCUT2D eigenvalue weighted by molar-refractivity contribution is 0.404. The number of halogens is 2. The van der Waals surface area contributed by atoms with Crippen molar-refractivity contribution in [2.75, 3.05) is 7.11 Å². The zero-order valence-electron chi connectivity index (χ0n) is 10.1. The van der Waals surface area contributed by atoms with E-state index in [1.54, 1.807) is 19.2 Å². The number of alkyl halides is 1. The fourth-order valence-electron chi connectivity index (χ4n) is 1.92. The molecule has 0 fully saturated rings. The molecule has 0 radical (unpaired) electrons. The number of ether oxygens (including phenoxy) is 1. The van der Waals surface area contributed by atoms with Gasteiger partial charge >= 0.3 is 0 Å². The molecule has 0 N–H and O–H groups in total. The van der Waals surface area contributed by atoms with Crippen molar-refractivity contribution in [3.05, 3.63) is 65.5 Å². The number of rotatable bonds is 4. The highest BCUT2D eigenvalue weighted by atomic mass is 79.9. The molecule has 3 heteroatoms. The summed E-state index contributed by atoms with van der Waals surface area (Å²) >= 11 is 3.55. The highest BCUT2D eigenvalue weighted by molar-refractivity contribution is 9.09. The highest BCUT2D eigenvalue weighted by Gasteiger charge is 2.18. The van der Waals surface area contributed by atoms with E-state index in [-0.39, 0.29) is 10.6 Å². The van der Waals surface area contributed by atoms with E-state index in [2.05, 4.69) is 15.9 Å². The standard InChI is InChI=1S/C15H14BrFO/c1-18-14-9-5-8-13(17)15(14)12(16)10-11-6-3-2-4-7-11/h2-9,12H,10H2,1H3. The Hall–Kier alpha value is -1.35. The summed E-state index contributed by atoms with van der Waals surface area (Å²) in [5.74, 6) is 0.333. The Morgan fingerprint density at radius 2 is 1.83 bits per heavy atom. The molecule has 18 heavy (non-hydrogen) atoms. The van der Waals surface area contributed by atoms with E-state index in [4.69, 9.17) is 4.74 Å². The van der Waals surface area contributed by atoms with E-state index < -0.39 is 0 Å². The predicted octanol–water partition coefficient (Wildman–Crippen LogP) is 4.51. The first kappa shape index (κ1) is 13.1. The lowest BCUT2D eigenvalue weighted by Crippen LogP contribution is -2.01. The molecule has 0 aliphatic carbocycles. The molecule has 0 heterocycles. The van der Waals surface area contributed by atoms with Crippen LogP contribution in [0.1, 0.15) is 16.0 Å². The maximum absolute atomic E-state index is 13.9. The van der Waals surface area contributed by atoms with Crippen LogP contribution in [0, 0.1) is 5.82 Å². The third-order valence-electron chi connectivity index (χ3n) is 2.80. The Morgan fingerprint density at radius 3 is 2.50 bits per heavy atom. The summed E-state index contributed by atoms with van der Waals surface area (Å²) in [6.07, 6.45) is 0.720. The fourth-order valence-corrected chi connectivity index (χ4v) is 2.74. The molecule has 1 unspecified atom stereocenters. The summed E-state index contributed by atoms with van der Waals surface area (Å²) < 4.78 is 19.1. The van der Waals surface area contributed by atoms with Crippen LogP contribution in [0.3, 0.4) is 0 Å². The second kappa shape index (κ2) is 6.01. The quantitative estimate of drug-likeness (QED) is 0.755. The van der Waals surface area contributed by atoms with Gasteiger partial charge in [-0.2, -0.15) is 0 Å². The molecule has 2 aromatic rings. The van der Waals surface area contributed by atoms with Crippen molar-refractivity contribution in [1.29, 1.82) is 0 Å². The lowest BCUT2D eigenvalue weighted by atomic mass is 10.0. The van der Waals surface area contributed by atoms with Crippen molar-refractivity contribution in [3.63, 3.8) is 0 Å². The first-order valence-electron chi connectivity index (χ1n) is 5.72. The number of benzene rings is 2. The zero-order valence-corrected chi connectivity index (χ0v) is 11.7. The molecular weight excluding hydrogens is 295 g/mol. The minimum absolute atomic E-state index is 0.101. The van der Waals surface area contributed by atoms with E-state index in [1.165, 1.54) is 6.07 Å². The molecule has 0 saturated carbocycles. The van der Waals surface area contributed by atoms with Crippen molar-refractivity contribution < 1.29 is 9.13 Å². The van der Waals surface area contributed by atoms with Crippen molar-refractivity contribution in [2.45, 2.75) is 11.2 Å². The van der Waals surface area contributed by atoms with Gasteiger partial charge in [-0.1, -0.05) is 52.3 Å². The van der Waals surface area contributed by atoms with E-state index >= 15 is 0 Å².